The SMILES string of the molecule is CC(C)[C@@H](C#N)CC(=O)OCc1ccccc1. The van der Waals surface area contributed by atoms with Gasteiger partial charge in [-0.3, -0.25) is 4.79 Å². The van der Waals surface area contributed by atoms with Gasteiger partial charge in [0.25, 0.3) is 0 Å². The van der Waals surface area contributed by atoms with E-state index >= 15 is 0 Å². The van der Waals surface area contributed by atoms with Gasteiger partial charge >= 0.3 is 5.97 Å². The van der Waals surface area contributed by atoms with E-state index in [2.05, 4.69) is 6.07 Å². The molecule has 1 rings (SSSR count). The van der Waals surface area contributed by atoms with Gasteiger partial charge in [-0.05, 0) is 11.5 Å². The lowest BCUT2D eigenvalue weighted by Crippen LogP contribution is -2.14. The molecule has 0 aliphatic rings. The van der Waals surface area contributed by atoms with Crippen molar-refractivity contribution in [3.05, 3.63) is 35.9 Å². The Morgan fingerprint density at radius 2 is 2.00 bits per heavy atom. The standard InChI is InChI=1S/C14H17NO2/c1-11(2)13(9-15)8-14(16)17-10-12-6-4-3-5-7-12/h3-7,11,13H,8,10H2,1-2H3/t13-/m1/s1. The van der Waals surface area contributed by atoms with Crippen LogP contribution in [-0.4, -0.2) is 5.97 Å². The van der Waals surface area contributed by atoms with Gasteiger partial charge < -0.3 is 4.74 Å². The molecule has 1 aromatic carbocycles. The molecule has 17 heavy (non-hydrogen) atoms. The van der Waals surface area contributed by atoms with Crippen molar-refractivity contribution < 1.29 is 9.53 Å². The Balaban J connectivity index is 2.38. The maximum atomic E-state index is 11.5. The van der Waals surface area contributed by atoms with Gasteiger partial charge in [-0.2, -0.15) is 5.26 Å². The minimum atomic E-state index is -0.311. The van der Waals surface area contributed by atoms with Crippen LogP contribution in [0.2, 0.25) is 0 Å². The maximum Gasteiger partial charge on any atom is 0.307 e. The third kappa shape index (κ3) is 4.69. The quantitative estimate of drug-likeness (QED) is 0.732. The van der Waals surface area contributed by atoms with Gasteiger partial charge in [0.1, 0.15) is 6.61 Å². The second-order valence-corrected chi connectivity index (χ2v) is 4.33. The summed E-state index contributed by atoms with van der Waals surface area (Å²) in [6.07, 6.45) is 0.168. The first-order valence-electron chi connectivity index (χ1n) is 5.72. The third-order valence-corrected chi connectivity index (χ3v) is 2.60. The zero-order valence-electron chi connectivity index (χ0n) is 10.2. The largest absolute Gasteiger partial charge is 0.461 e. The van der Waals surface area contributed by atoms with Crippen LogP contribution in [0.15, 0.2) is 30.3 Å². The van der Waals surface area contributed by atoms with E-state index in [1.807, 2.05) is 44.2 Å². The average molecular weight is 231 g/mol. The number of rotatable bonds is 5. The zero-order chi connectivity index (χ0) is 12.7. The predicted octanol–water partition coefficient (Wildman–Crippen LogP) is 2.92. The van der Waals surface area contributed by atoms with Crippen LogP contribution < -0.4 is 0 Å². The topological polar surface area (TPSA) is 50.1 Å². The van der Waals surface area contributed by atoms with Crippen LogP contribution in [-0.2, 0) is 16.1 Å². The predicted molar refractivity (Wildman–Crippen MR) is 64.8 cm³/mol. The van der Waals surface area contributed by atoms with Crippen LogP contribution in [0.25, 0.3) is 0 Å². The summed E-state index contributed by atoms with van der Waals surface area (Å²) >= 11 is 0. The number of esters is 1. The smallest absolute Gasteiger partial charge is 0.307 e. The van der Waals surface area contributed by atoms with Gasteiger partial charge in [0.05, 0.1) is 18.4 Å². The summed E-state index contributed by atoms with van der Waals surface area (Å²) in [6.45, 7) is 4.13. The van der Waals surface area contributed by atoms with Crippen LogP contribution in [0.5, 0.6) is 0 Å². The molecule has 0 fully saturated rings. The molecule has 0 bridgehead atoms. The van der Waals surface area contributed by atoms with Crippen LogP contribution in [0.3, 0.4) is 0 Å². The molecule has 0 unspecified atom stereocenters. The van der Waals surface area contributed by atoms with Gasteiger partial charge in [-0.1, -0.05) is 44.2 Å². The molecule has 1 atom stereocenters. The van der Waals surface area contributed by atoms with Crippen molar-refractivity contribution in [2.75, 3.05) is 0 Å². The number of hydrogen-bond donors (Lipinski definition) is 0. The number of nitriles is 1. The summed E-state index contributed by atoms with van der Waals surface area (Å²) in [7, 11) is 0. The van der Waals surface area contributed by atoms with Crippen LogP contribution >= 0.6 is 0 Å². The lowest BCUT2D eigenvalue weighted by atomic mass is 9.94. The summed E-state index contributed by atoms with van der Waals surface area (Å²) < 4.78 is 5.12. The monoisotopic (exact) mass is 231 g/mol. The lowest BCUT2D eigenvalue weighted by Gasteiger charge is -2.12. The van der Waals surface area contributed by atoms with E-state index in [-0.39, 0.29) is 30.8 Å². The van der Waals surface area contributed by atoms with Crippen molar-refractivity contribution >= 4 is 5.97 Å². The van der Waals surface area contributed by atoms with E-state index in [0.29, 0.717) is 0 Å². The first-order valence-corrected chi connectivity index (χ1v) is 5.72. The van der Waals surface area contributed by atoms with E-state index in [4.69, 9.17) is 10.00 Å². The van der Waals surface area contributed by atoms with E-state index in [1.54, 1.807) is 0 Å². The minimum absolute atomic E-state index is 0.168. The lowest BCUT2D eigenvalue weighted by molar-refractivity contribution is -0.146. The molecular formula is C14H17NO2. The van der Waals surface area contributed by atoms with Crippen LogP contribution in [0, 0.1) is 23.2 Å². The van der Waals surface area contributed by atoms with Crippen molar-refractivity contribution in [3.8, 4) is 6.07 Å². The molecule has 0 amide bonds. The van der Waals surface area contributed by atoms with E-state index in [0.717, 1.165) is 5.56 Å². The fourth-order valence-corrected chi connectivity index (χ4v) is 1.41. The Kier molecular flexibility index (Phi) is 5.22. The Hall–Kier alpha value is -1.82. The van der Waals surface area contributed by atoms with Crippen molar-refractivity contribution in [1.29, 1.82) is 5.26 Å². The molecule has 0 aliphatic carbocycles. The van der Waals surface area contributed by atoms with E-state index < -0.39 is 0 Å². The average Bonchev–Trinajstić information content (AvgIpc) is 2.34. The van der Waals surface area contributed by atoms with Crippen molar-refractivity contribution in [1.82, 2.24) is 0 Å². The normalized spacial score (nSPS) is 11.9. The van der Waals surface area contributed by atoms with Crippen molar-refractivity contribution in [2.24, 2.45) is 11.8 Å². The van der Waals surface area contributed by atoms with E-state index in [9.17, 15) is 4.79 Å². The fourth-order valence-electron chi connectivity index (χ4n) is 1.41. The van der Waals surface area contributed by atoms with Crippen molar-refractivity contribution in [3.63, 3.8) is 0 Å². The van der Waals surface area contributed by atoms with Crippen LogP contribution in [0.1, 0.15) is 25.8 Å². The van der Waals surface area contributed by atoms with E-state index in [1.165, 1.54) is 0 Å². The Bertz CT molecular complexity index is 392. The molecule has 0 heterocycles. The van der Waals surface area contributed by atoms with Crippen LogP contribution in [0.4, 0.5) is 0 Å². The first-order chi connectivity index (χ1) is 8.13. The second-order valence-electron chi connectivity index (χ2n) is 4.33. The Morgan fingerprint density at radius 1 is 1.35 bits per heavy atom. The highest BCUT2D eigenvalue weighted by molar-refractivity contribution is 5.70. The van der Waals surface area contributed by atoms with Gasteiger partial charge in [0.2, 0.25) is 0 Å². The highest BCUT2D eigenvalue weighted by Gasteiger charge is 2.17. The highest BCUT2D eigenvalue weighted by atomic mass is 16.5. The molecule has 0 aliphatic heterocycles. The number of nitrogens with zero attached hydrogens (tertiary/aromatic N) is 1. The number of carbonyl (C=O) groups is 1. The molecule has 0 aromatic heterocycles. The molecule has 0 saturated carbocycles. The van der Waals surface area contributed by atoms with Gasteiger partial charge in [-0.25, -0.2) is 0 Å². The summed E-state index contributed by atoms with van der Waals surface area (Å²) in [5.41, 5.74) is 0.957. The number of carbonyl (C=O) groups excluding carboxylic acids is 1. The molecule has 3 heteroatoms. The zero-order valence-corrected chi connectivity index (χ0v) is 10.2. The van der Waals surface area contributed by atoms with Gasteiger partial charge in [-0.15, -0.1) is 0 Å². The Morgan fingerprint density at radius 3 is 2.53 bits per heavy atom. The number of benzene rings is 1. The number of ether oxygens (including phenoxy) is 1. The summed E-state index contributed by atoms with van der Waals surface area (Å²) in [6, 6.07) is 11.6. The molecule has 1 aromatic rings. The highest BCUT2D eigenvalue weighted by Crippen LogP contribution is 2.15. The minimum Gasteiger partial charge on any atom is -0.461 e. The molecule has 0 spiro atoms. The molecule has 90 valence electrons. The molecular weight excluding hydrogens is 214 g/mol. The summed E-state index contributed by atoms with van der Waals surface area (Å²) in [5, 5.41) is 8.87. The molecule has 0 radical (unpaired) electrons. The van der Waals surface area contributed by atoms with Crippen molar-refractivity contribution in [2.45, 2.75) is 26.9 Å². The van der Waals surface area contributed by atoms with Gasteiger partial charge in [0, 0.05) is 0 Å². The fraction of sp³-hybridized carbons (Fsp3) is 0.429. The molecule has 0 N–H and O–H groups in total. The Labute approximate surface area is 102 Å². The second kappa shape index (κ2) is 6.70. The third-order valence-electron chi connectivity index (χ3n) is 2.60. The number of hydrogen-bond acceptors (Lipinski definition) is 3. The van der Waals surface area contributed by atoms with Gasteiger partial charge in [0.15, 0.2) is 0 Å². The summed E-state index contributed by atoms with van der Waals surface area (Å²) in [4.78, 5) is 11.5. The first kappa shape index (κ1) is 13.2. The maximum absolute atomic E-state index is 11.5. The molecule has 0 saturated heterocycles. The molecule has 3 nitrogen and oxygen atoms in total. The summed E-state index contributed by atoms with van der Waals surface area (Å²) in [5.74, 6) is -0.406.